The lowest BCUT2D eigenvalue weighted by molar-refractivity contribution is 0.348. The van der Waals surface area contributed by atoms with Crippen LogP contribution in [0, 0.1) is 6.26 Å². The summed E-state index contributed by atoms with van der Waals surface area (Å²) in [6.45, 7) is 4.36. The molecule has 0 aromatic heterocycles. The topological polar surface area (TPSA) is 21.3 Å². The van der Waals surface area contributed by atoms with Crippen LogP contribution in [-0.2, 0) is 4.74 Å². The number of ether oxygens (including phenoxy) is 1. The second-order valence-corrected chi connectivity index (χ2v) is 2.93. The van der Waals surface area contributed by atoms with E-state index in [0.717, 1.165) is 25.0 Å². The molecule has 0 saturated heterocycles. The Morgan fingerprint density at radius 2 is 2.33 bits per heavy atom. The fourth-order valence-electron chi connectivity index (χ4n) is 1.19. The summed E-state index contributed by atoms with van der Waals surface area (Å²) in [6.07, 6.45) is 9.69. The van der Waals surface area contributed by atoms with Crippen molar-refractivity contribution in [2.45, 2.75) is 39.2 Å². The Bertz CT molecular complexity index is 180. The Balaban J connectivity index is 2.33. The van der Waals surface area contributed by atoms with E-state index in [1.54, 1.807) is 6.26 Å². The van der Waals surface area contributed by atoms with Crippen molar-refractivity contribution in [3.63, 3.8) is 0 Å². The Morgan fingerprint density at radius 3 is 2.83 bits per heavy atom. The third-order valence-electron chi connectivity index (χ3n) is 2.03. The number of hydrogen-bond acceptors (Lipinski definition) is 2. The minimum absolute atomic E-state index is 0.558. The Hall–Kier alpha value is -0.920. The highest BCUT2D eigenvalue weighted by Gasteiger charge is 2.06. The van der Waals surface area contributed by atoms with Crippen LogP contribution < -0.4 is 5.32 Å². The summed E-state index contributed by atoms with van der Waals surface area (Å²) in [5.74, 6) is 0. The van der Waals surface area contributed by atoms with Crippen molar-refractivity contribution in [1.29, 1.82) is 0 Å². The molecule has 0 fully saturated rings. The first kappa shape index (κ1) is 9.17. The van der Waals surface area contributed by atoms with Gasteiger partial charge in [0.1, 0.15) is 0 Å². The minimum Gasteiger partial charge on any atom is -0.459 e. The molecule has 0 aromatic carbocycles. The molecule has 1 rings (SSSR count). The molecule has 0 amide bonds. The zero-order valence-corrected chi connectivity index (χ0v) is 7.76. The van der Waals surface area contributed by atoms with E-state index in [4.69, 9.17) is 4.74 Å². The quantitative estimate of drug-likeness (QED) is 0.692. The van der Waals surface area contributed by atoms with E-state index in [1.165, 1.54) is 0 Å². The molecule has 2 heteroatoms. The molecule has 67 valence electrons. The van der Waals surface area contributed by atoms with Crippen LogP contribution in [0.4, 0.5) is 0 Å². The largest absolute Gasteiger partial charge is 0.459 e. The van der Waals surface area contributed by atoms with Crippen molar-refractivity contribution in [3.8, 4) is 0 Å². The van der Waals surface area contributed by atoms with Gasteiger partial charge in [-0.15, -0.1) is 0 Å². The third kappa shape index (κ3) is 2.61. The maximum Gasteiger partial charge on any atom is 0.189 e. The molecule has 12 heavy (non-hydrogen) atoms. The lowest BCUT2D eigenvalue weighted by Gasteiger charge is -2.18. The average Bonchev–Trinajstić information content (AvgIpc) is 2.16. The summed E-state index contributed by atoms with van der Waals surface area (Å²) in [4.78, 5) is 0. The highest BCUT2D eigenvalue weighted by atomic mass is 16.5. The molecule has 1 N–H and O–H groups in total. The Labute approximate surface area is 74.3 Å². The highest BCUT2D eigenvalue weighted by Crippen LogP contribution is 2.08. The molecule has 1 aliphatic rings. The van der Waals surface area contributed by atoms with Gasteiger partial charge in [-0.25, -0.2) is 0 Å². The van der Waals surface area contributed by atoms with Crippen molar-refractivity contribution >= 4 is 0 Å². The number of hydrogen-bond donors (Lipinski definition) is 1. The fraction of sp³-hybridized carbons (Fsp3) is 0.600. The van der Waals surface area contributed by atoms with Gasteiger partial charge in [-0.1, -0.05) is 13.8 Å². The summed E-state index contributed by atoms with van der Waals surface area (Å²) in [5.41, 5.74) is 1.06. The second kappa shape index (κ2) is 4.86. The zero-order valence-electron chi connectivity index (χ0n) is 7.76. The molecule has 1 heterocycles. The van der Waals surface area contributed by atoms with Gasteiger partial charge in [-0.05, 0) is 18.9 Å². The van der Waals surface area contributed by atoms with Crippen molar-refractivity contribution in [2.75, 3.05) is 0 Å². The van der Waals surface area contributed by atoms with Gasteiger partial charge >= 0.3 is 0 Å². The standard InChI is InChI=1S/C10H16NO/c1-3-9(4-2)11-10-6-5-7-12-8-10/h5,7,9,11H,3-4,6H2,1-2H3. The van der Waals surface area contributed by atoms with E-state index < -0.39 is 0 Å². The number of allylic oxidation sites excluding steroid dienone is 1. The van der Waals surface area contributed by atoms with Crippen LogP contribution in [0.1, 0.15) is 33.1 Å². The van der Waals surface area contributed by atoms with Crippen molar-refractivity contribution in [3.05, 3.63) is 24.3 Å². The number of nitrogens with one attached hydrogen (secondary N) is 1. The van der Waals surface area contributed by atoms with Gasteiger partial charge in [-0.3, -0.25) is 0 Å². The van der Waals surface area contributed by atoms with E-state index in [0.29, 0.717) is 6.04 Å². The SMILES string of the molecule is CCC(CC)NC1=[C]OC=CC1. The van der Waals surface area contributed by atoms with Gasteiger partial charge in [0.25, 0.3) is 0 Å². The molecule has 1 radical (unpaired) electrons. The molecule has 2 nitrogen and oxygen atoms in total. The van der Waals surface area contributed by atoms with Gasteiger partial charge < -0.3 is 10.1 Å². The maximum absolute atomic E-state index is 4.94. The maximum atomic E-state index is 4.94. The van der Waals surface area contributed by atoms with E-state index in [-0.39, 0.29) is 0 Å². The van der Waals surface area contributed by atoms with Crippen LogP contribution in [0.2, 0.25) is 0 Å². The zero-order chi connectivity index (χ0) is 8.81. The van der Waals surface area contributed by atoms with Gasteiger partial charge in [0, 0.05) is 12.5 Å². The molecule has 0 aliphatic carbocycles. The van der Waals surface area contributed by atoms with E-state index in [9.17, 15) is 0 Å². The lowest BCUT2D eigenvalue weighted by atomic mass is 10.1. The lowest BCUT2D eigenvalue weighted by Crippen LogP contribution is -2.27. The van der Waals surface area contributed by atoms with Crippen LogP contribution >= 0.6 is 0 Å². The smallest absolute Gasteiger partial charge is 0.189 e. The molecule has 0 saturated carbocycles. The third-order valence-corrected chi connectivity index (χ3v) is 2.03. The minimum atomic E-state index is 0.558. The van der Waals surface area contributed by atoms with Gasteiger partial charge in [0.05, 0.1) is 12.0 Å². The van der Waals surface area contributed by atoms with Crippen LogP contribution in [-0.4, -0.2) is 6.04 Å². The van der Waals surface area contributed by atoms with Gasteiger partial charge in [0.2, 0.25) is 0 Å². The average molecular weight is 166 g/mol. The summed E-state index contributed by atoms with van der Waals surface area (Å²) in [7, 11) is 0. The van der Waals surface area contributed by atoms with E-state index in [1.807, 2.05) is 6.08 Å². The molecular weight excluding hydrogens is 150 g/mol. The Morgan fingerprint density at radius 1 is 1.58 bits per heavy atom. The highest BCUT2D eigenvalue weighted by molar-refractivity contribution is 5.03. The first-order chi connectivity index (χ1) is 5.86. The van der Waals surface area contributed by atoms with Crippen molar-refractivity contribution in [1.82, 2.24) is 5.32 Å². The monoisotopic (exact) mass is 166 g/mol. The molecule has 1 aliphatic heterocycles. The van der Waals surface area contributed by atoms with Crippen LogP contribution in [0.5, 0.6) is 0 Å². The van der Waals surface area contributed by atoms with Crippen molar-refractivity contribution in [2.24, 2.45) is 0 Å². The van der Waals surface area contributed by atoms with Gasteiger partial charge in [-0.2, -0.15) is 0 Å². The predicted molar refractivity (Wildman–Crippen MR) is 49.1 cm³/mol. The van der Waals surface area contributed by atoms with Crippen LogP contribution in [0.15, 0.2) is 18.0 Å². The molecule has 0 spiro atoms. The molecule has 0 aromatic rings. The fourth-order valence-corrected chi connectivity index (χ4v) is 1.19. The summed E-state index contributed by atoms with van der Waals surface area (Å²) >= 11 is 0. The molecular formula is C10H16NO. The first-order valence-electron chi connectivity index (χ1n) is 4.55. The summed E-state index contributed by atoms with van der Waals surface area (Å²) < 4.78 is 4.94. The summed E-state index contributed by atoms with van der Waals surface area (Å²) in [6, 6.07) is 0.558. The molecule has 0 unspecified atom stereocenters. The van der Waals surface area contributed by atoms with E-state index >= 15 is 0 Å². The first-order valence-corrected chi connectivity index (χ1v) is 4.55. The predicted octanol–water partition coefficient (Wildman–Crippen LogP) is 2.34. The van der Waals surface area contributed by atoms with Crippen LogP contribution in [0.25, 0.3) is 0 Å². The Kier molecular flexibility index (Phi) is 3.71. The molecule has 0 atom stereocenters. The van der Waals surface area contributed by atoms with Gasteiger partial charge in [0.15, 0.2) is 6.26 Å². The second-order valence-electron chi connectivity index (χ2n) is 2.93. The normalized spacial score (nSPS) is 15.8. The van der Waals surface area contributed by atoms with E-state index in [2.05, 4.69) is 25.4 Å². The molecule has 0 bridgehead atoms. The van der Waals surface area contributed by atoms with Crippen LogP contribution in [0.3, 0.4) is 0 Å². The number of rotatable bonds is 4. The summed E-state index contributed by atoms with van der Waals surface area (Å²) in [5, 5.41) is 3.38. The van der Waals surface area contributed by atoms with Crippen molar-refractivity contribution < 1.29 is 4.74 Å².